The second-order valence-electron chi connectivity index (χ2n) is 7.50. The van der Waals surface area contributed by atoms with Crippen LogP contribution in [0.15, 0.2) is 24.3 Å². The molecular formula is C20H30N2O. The van der Waals surface area contributed by atoms with Crippen molar-refractivity contribution in [1.82, 2.24) is 5.32 Å². The van der Waals surface area contributed by atoms with E-state index in [2.05, 4.69) is 48.3 Å². The Labute approximate surface area is 140 Å². The van der Waals surface area contributed by atoms with Crippen LogP contribution >= 0.6 is 0 Å². The summed E-state index contributed by atoms with van der Waals surface area (Å²) >= 11 is 0. The molecule has 3 heteroatoms. The monoisotopic (exact) mass is 314 g/mol. The Morgan fingerprint density at radius 2 is 1.83 bits per heavy atom. The molecule has 2 atom stereocenters. The molecule has 0 radical (unpaired) electrons. The van der Waals surface area contributed by atoms with E-state index in [1.165, 1.54) is 36.9 Å². The third-order valence-corrected chi connectivity index (χ3v) is 5.50. The molecule has 1 saturated carbocycles. The lowest BCUT2D eigenvalue weighted by Crippen LogP contribution is -2.34. The van der Waals surface area contributed by atoms with Crippen LogP contribution in [0.1, 0.15) is 64.0 Å². The van der Waals surface area contributed by atoms with Crippen LogP contribution < -0.4 is 10.2 Å². The zero-order valence-corrected chi connectivity index (χ0v) is 14.6. The minimum atomic E-state index is 0.0948. The van der Waals surface area contributed by atoms with E-state index in [4.69, 9.17) is 0 Å². The second kappa shape index (κ2) is 7.37. The number of piperidine rings is 1. The number of amides is 1. The Bertz CT molecular complexity index is 519. The first kappa shape index (κ1) is 16.4. The third-order valence-electron chi connectivity index (χ3n) is 5.50. The molecular weight excluding hydrogens is 284 g/mol. The van der Waals surface area contributed by atoms with Crippen LogP contribution in [0.5, 0.6) is 0 Å². The number of nitrogens with zero attached hydrogens (tertiary/aromatic N) is 1. The number of carbonyl (C=O) groups is 1. The van der Waals surface area contributed by atoms with Crippen molar-refractivity contribution in [3.05, 3.63) is 29.8 Å². The van der Waals surface area contributed by atoms with Gasteiger partial charge in [0, 0.05) is 24.7 Å². The number of carbonyl (C=O) groups excluding carboxylic acids is 1. The van der Waals surface area contributed by atoms with Gasteiger partial charge in [0.2, 0.25) is 5.91 Å². The second-order valence-corrected chi connectivity index (χ2v) is 7.50. The van der Waals surface area contributed by atoms with E-state index in [0.29, 0.717) is 0 Å². The summed E-state index contributed by atoms with van der Waals surface area (Å²) in [5.74, 6) is 1.27. The molecule has 2 fully saturated rings. The largest absolute Gasteiger partial charge is 0.371 e. The van der Waals surface area contributed by atoms with Crippen LogP contribution in [-0.2, 0) is 4.79 Å². The Hall–Kier alpha value is -1.51. The van der Waals surface area contributed by atoms with Gasteiger partial charge in [-0.1, -0.05) is 31.9 Å². The van der Waals surface area contributed by atoms with E-state index in [0.717, 1.165) is 31.8 Å². The quantitative estimate of drug-likeness (QED) is 0.899. The SMILES string of the molecule is C[C@H]1CCCN(c2ccc([C@@H](C)NC(=O)C3CCCC3)cc2)C1. The Morgan fingerprint density at radius 1 is 1.13 bits per heavy atom. The van der Waals surface area contributed by atoms with Gasteiger partial charge in [-0.3, -0.25) is 4.79 Å². The number of anilines is 1. The average molecular weight is 314 g/mol. The number of hydrogen-bond acceptors (Lipinski definition) is 2. The van der Waals surface area contributed by atoms with Crippen molar-refractivity contribution in [2.24, 2.45) is 11.8 Å². The first-order valence-corrected chi connectivity index (χ1v) is 9.29. The highest BCUT2D eigenvalue weighted by atomic mass is 16.1. The molecule has 0 aromatic heterocycles. The highest BCUT2D eigenvalue weighted by Gasteiger charge is 2.24. The summed E-state index contributed by atoms with van der Waals surface area (Å²) in [4.78, 5) is 14.7. The fourth-order valence-electron chi connectivity index (χ4n) is 4.00. The number of rotatable bonds is 4. The van der Waals surface area contributed by atoms with E-state index in [1.54, 1.807) is 0 Å². The minimum absolute atomic E-state index is 0.0948. The van der Waals surface area contributed by atoms with E-state index in [-0.39, 0.29) is 17.9 Å². The van der Waals surface area contributed by atoms with Gasteiger partial charge in [0.05, 0.1) is 6.04 Å². The molecule has 1 aromatic carbocycles. The average Bonchev–Trinajstić information content (AvgIpc) is 3.09. The molecule has 2 aliphatic rings. The van der Waals surface area contributed by atoms with Gasteiger partial charge in [0.25, 0.3) is 0 Å². The van der Waals surface area contributed by atoms with Gasteiger partial charge in [-0.25, -0.2) is 0 Å². The van der Waals surface area contributed by atoms with E-state index < -0.39 is 0 Å². The standard InChI is InChI=1S/C20H30N2O/c1-15-6-5-13-22(14-15)19-11-9-17(10-12-19)16(2)21-20(23)18-7-3-4-8-18/h9-12,15-16,18H,3-8,13-14H2,1-2H3,(H,21,23)/t15-,16+/m0/s1. The van der Waals surface area contributed by atoms with Crippen LogP contribution in [0.4, 0.5) is 5.69 Å². The summed E-state index contributed by atoms with van der Waals surface area (Å²) in [5, 5.41) is 3.19. The van der Waals surface area contributed by atoms with Gasteiger partial charge in [-0.05, 0) is 56.2 Å². The van der Waals surface area contributed by atoms with Crippen LogP contribution in [0.2, 0.25) is 0 Å². The van der Waals surface area contributed by atoms with Crippen molar-refractivity contribution in [2.75, 3.05) is 18.0 Å². The summed E-state index contributed by atoms with van der Waals surface area (Å²) in [7, 11) is 0. The van der Waals surface area contributed by atoms with Crippen molar-refractivity contribution >= 4 is 11.6 Å². The summed E-state index contributed by atoms with van der Waals surface area (Å²) < 4.78 is 0. The summed E-state index contributed by atoms with van der Waals surface area (Å²) in [6.45, 7) is 6.75. The third kappa shape index (κ3) is 4.07. The van der Waals surface area contributed by atoms with Crippen molar-refractivity contribution < 1.29 is 4.79 Å². The Balaban J connectivity index is 1.58. The van der Waals surface area contributed by atoms with Crippen LogP contribution in [-0.4, -0.2) is 19.0 Å². The van der Waals surface area contributed by atoms with Crippen molar-refractivity contribution in [1.29, 1.82) is 0 Å². The molecule has 0 spiro atoms. The molecule has 1 aromatic rings. The lowest BCUT2D eigenvalue weighted by molar-refractivity contribution is -0.125. The summed E-state index contributed by atoms with van der Waals surface area (Å²) in [5.41, 5.74) is 2.51. The van der Waals surface area contributed by atoms with Crippen LogP contribution in [0.3, 0.4) is 0 Å². The first-order valence-electron chi connectivity index (χ1n) is 9.29. The molecule has 1 amide bonds. The Kier molecular flexibility index (Phi) is 5.24. The van der Waals surface area contributed by atoms with Gasteiger partial charge in [0.15, 0.2) is 0 Å². The highest BCUT2D eigenvalue weighted by molar-refractivity contribution is 5.79. The molecule has 0 unspecified atom stereocenters. The predicted octanol–water partition coefficient (Wildman–Crippen LogP) is 4.29. The summed E-state index contributed by atoms with van der Waals surface area (Å²) in [6.07, 6.45) is 7.16. The van der Waals surface area contributed by atoms with E-state index in [9.17, 15) is 4.79 Å². The molecule has 1 N–H and O–H groups in total. The molecule has 1 aliphatic carbocycles. The molecule has 1 saturated heterocycles. The maximum Gasteiger partial charge on any atom is 0.223 e. The predicted molar refractivity (Wildman–Crippen MR) is 95.6 cm³/mol. The molecule has 3 nitrogen and oxygen atoms in total. The maximum atomic E-state index is 12.3. The zero-order valence-electron chi connectivity index (χ0n) is 14.6. The van der Waals surface area contributed by atoms with Gasteiger partial charge in [0.1, 0.15) is 0 Å². The van der Waals surface area contributed by atoms with Gasteiger partial charge in [-0.15, -0.1) is 0 Å². The molecule has 126 valence electrons. The van der Waals surface area contributed by atoms with Crippen LogP contribution in [0, 0.1) is 11.8 Å². The molecule has 3 rings (SSSR count). The topological polar surface area (TPSA) is 32.3 Å². The number of benzene rings is 1. The van der Waals surface area contributed by atoms with E-state index in [1.807, 2.05) is 0 Å². The number of nitrogens with one attached hydrogen (secondary N) is 1. The van der Waals surface area contributed by atoms with Gasteiger partial charge >= 0.3 is 0 Å². The first-order chi connectivity index (χ1) is 11.1. The Morgan fingerprint density at radius 3 is 2.48 bits per heavy atom. The van der Waals surface area contributed by atoms with Crippen LogP contribution in [0.25, 0.3) is 0 Å². The molecule has 1 aliphatic heterocycles. The summed E-state index contributed by atoms with van der Waals surface area (Å²) in [6, 6.07) is 8.87. The lowest BCUT2D eigenvalue weighted by atomic mass is 9.99. The molecule has 1 heterocycles. The maximum absolute atomic E-state index is 12.3. The lowest BCUT2D eigenvalue weighted by Gasteiger charge is -2.33. The van der Waals surface area contributed by atoms with Gasteiger partial charge in [-0.2, -0.15) is 0 Å². The molecule has 0 bridgehead atoms. The van der Waals surface area contributed by atoms with Gasteiger partial charge < -0.3 is 10.2 Å². The minimum Gasteiger partial charge on any atom is -0.371 e. The fraction of sp³-hybridized carbons (Fsp3) is 0.650. The zero-order chi connectivity index (χ0) is 16.2. The van der Waals surface area contributed by atoms with Crippen molar-refractivity contribution in [3.8, 4) is 0 Å². The van der Waals surface area contributed by atoms with E-state index >= 15 is 0 Å². The smallest absolute Gasteiger partial charge is 0.223 e. The normalized spacial score (nSPS) is 23.7. The van der Waals surface area contributed by atoms with Crippen molar-refractivity contribution in [3.63, 3.8) is 0 Å². The highest BCUT2D eigenvalue weighted by Crippen LogP contribution is 2.27. The molecule has 23 heavy (non-hydrogen) atoms. The number of hydrogen-bond donors (Lipinski definition) is 1. The fourth-order valence-corrected chi connectivity index (χ4v) is 4.00. The van der Waals surface area contributed by atoms with Crippen molar-refractivity contribution in [2.45, 2.75) is 58.4 Å².